The maximum atomic E-state index is 6.09. The molecule has 0 spiro atoms. The molecule has 1 heterocycles. The molecule has 0 radical (unpaired) electrons. The predicted octanol–water partition coefficient (Wildman–Crippen LogP) is 4.26. The van der Waals surface area contributed by atoms with Gasteiger partial charge in [0.15, 0.2) is 0 Å². The number of halogens is 3. The Morgan fingerprint density at radius 3 is 2.35 bits per heavy atom. The summed E-state index contributed by atoms with van der Waals surface area (Å²) in [5, 5.41) is 3.61. The quantitative estimate of drug-likeness (QED) is 0.657. The molecule has 2 nitrogen and oxygen atoms in total. The van der Waals surface area contributed by atoms with Crippen LogP contribution >= 0.6 is 46.1 Å². The van der Waals surface area contributed by atoms with Crippen LogP contribution in [0, 0.1) is 0 Å². The van der Waals surface area contributed by atoms with Crippen molar-refractivity contribution in [2.75, 3.05) is 0 Å². The monoisotopic (exact) mass is 306 g/mol. The van der Waals surface area contributed by atoms with E-state index < -0.39 is 0 Å². The standard InChI is InChI=1S/C11H9Cl3N2S/c12-7-2-1-6(5-9(7)14)10(16-15)11-8(13)3-4-17-11/h1-5,10,16H,15H2. The molecule has 0 amide bonds. The third-order valence-electron chi connectivity index (χ3n) is 2.35. The summed E-state index contributed by atoms with van der Waals surface area (Å²) in [5.74, 6) is 5.57. The Morgan fingerprint density at radius 2 is 1.82 bits per heavy atom. The smallest absolute Gasteiger partial charge is 0.0818 e. The summed E-state index contributed by atoms with van der Waals surface area (Å²) in [6.45, 7) is 0. The number of hydrazine groups is 1. The van der Waals surface area contributed by atoms with Crippen LogP contribution < -0.4 is 11.3 Å². The summed E-state index contributed by atoms with van der Waals surface area (Å²) < 4.78 is 0. The van der Waals surface area contributed by atoms with Crippen LogP contribution in [-0.4, -0.2) is 0 Å². The SMILES string of the molecule is NNC(c1ccc(Cl)c(Cl)c1)c1sccc1Cl. The molecule has 2 aromatic rings. The second kappa shape index (κ2) is 5.57. The van der Waals surface area contributed by atoms with Gasteiger partial charge >= 0.3 is 0 Å². The highest BCUT2D eigenvalue weighted by molar-refractivity contribution is 7.10. The Morgan fingerprint density at radius 1 is 1.06 bits per heavy atom. The lowest BCUT2D eigenvalue weighted by Crippen LogP contribution is -2.28. The molecule has 0 aliphatic carbocycles. The Bertz CT molecular complexity index is 527. The zero-order valence-corrected chi connectivity index (χ0v) is 11.7. The molecule has 6 heteroatoms. The Labute approximate surface area is 118 Å². The van der Waals surface area contributed by atoms with Crippen LogP contribution in [0.2, 0.25) is 15.1 Å². The van der Waals surface area contributed by atoms with Crippen molar-refractivity contribution in [1.29, 1.82) is 0 Å². The average molecular weight is 308 g/mol. The lowest BCUT2D eigenvalue weighted by Gasteiger charge is -2.16. The van der Waals surface area contributed by atoms with E-state index in [4.69, 9.17) is 40.6 Å². The molecule has 0 fully saturated rings. The van der Waals surface area contributed by atoms with Gasteiger partial charge in [0, 0.05) is 4.88 Å². The minimum atomic E-state index is -0.183. The van der Waals surface area contributed by atoms with E-state index in [1.807, 2.05) is 17.5 Å². The zero-order chi connectivity index (χ0) is 12.4. The average Bonchev–Trinajstić information content (AvgIpc) is 2.71. The summed E-state index contributed by atoms with van der Waals surface area (Å²) in [6.07, 6.45) is 0. The van der Waals surface area contributed by atoms with Gasteiger partial charge in [0.05, 0.1) is 21.1 Å². The van der Waals surface area contributed by atoms with Gasteiger partial charge in [-0.2, -0.15) is 0 Å². The highest BCUT2D eigenvalue weighted by atomic mass is 35.5. The summed E-state index contributed by atoms with van der Waals surface area (Å²) in [5.41, 5.74) is 3.65. The van der Waals surface area contributed by atoms with Gasteiger partial charge < -0.3 is 0 Å². The Balaban J connectivity index is 2.42. The highest BCUT2D eigenvalue weighted by Crippen LogP contribution is 2.34. The van der Waals surface area contributed by atoms with E-state index >= 15 is 0 Å². The first-order valence-electron chi connectivity index (χ1n) is 4.77. The third kappa shape index (κ3) is 2.76. The van der Waals surface area contributed by atoms with Gasteiger partial charge in [-0.1, -0.05) is 40.9 Å². The highest BCUT2D eigenvalue weighted by Gasteiger charge is 2.17. The minimum Gasteiger partial charge on any atom is -0.271 e. The maximum absolute atomic E-state index is 6.09. The summed E-state index contributed by atoms with van der Waals surface area (Å²) in [7, 11) is 0. The van der Waals surface area contributed by atoms with Crippen LogP contribution in [0.15, 0.2) is 29.6 Å². The molecular formula is C11H9Cl3N2S. The van der Waals surface area contributed by atoms with Crippen molar-refractivity contribution in [3.63, 3.8) is 0 Å². The zero-order valence-electron chi connectivity index (χ0n) is 8.58. The number of hydrogen-bond acceptors (Lipinski definition) is 3. The van der Waals surface area contributed by atoms with Gasteiger partial charge in [0.1, 0.15) is 0 Å². The number of benzene rings is 1. The molecule has 90 valence electrons. The molecule has 1 aromatic carbocycles. The van der Waals surface area contributed by atoms with Crippen molar-refractivity contribution >= 4 is 46.1 Å². The van der Waals surface area contributed by atoms with Crippen molar-refractivity contribution in [2.24, 2.45) is 5.84 Å². The number of hydrogen-bond donors (Lipinski definition) is 2. The number of thiophene rings is 1. The molecule has 0 bridgehead atoms. The number of rotatable bonds is 3. The van der Waals surface area contributed by atoms with Crippen LogP contribution in [0.25, 0.3) is 0 Å². The molecular weight excluding hydrogens is 299 g/mol. The van der Waals surface area contributed by atoms with E-state index in [2.05, 4.69) is 5.43 Å². The van der Waals surface area contributed by atoms with Crippen LogP contribution in [0.3, 0.4) is 0 Å². The molecule has 0 saturated carbocycles. The summed E-state index contributed by atoms with van der Waals surface area (Å²) in [6, 6.07) is 7.05. The van der Waals surface area contributed by atoms with Crippen LogP contribution in [0.4, 0.5) is 0 Å². The molecule has 1 atom stereocenters. The van der Waals surface area contributed by atoms with Crippen molar-refractivity contribution in [2.45, 2.75) is 6.04 Å². The maximum Gasteiger partial charge on any atom is 0.0818 e. The summed E-state index contributed by atoms with van der Waals surface area (Å²) in [4.78, 5) is 0.951. The molecule has 17 heavy (non-hydrogen) atoms. The summed E-state index contributed by atoms with van der Waals surface area (Å²) >= 11 is 19.5. The second-order valence-corrected chi connectivity index (χ2v) is 5.58. The van der Waals surface area contributed by atoms with E-state index in [0.717, 1.165) is 10.4 Å². The van der Waals surface area contributed by atoms with Crippen LogP contribution in [-0.2, 0) is 0 Å². The van der Waals surface area contributed by atoms with Gasteiger partial charge in [0.25, 0.3) is 0 Å². The fourth-order valence-electron chi connectivity index (χ4n) is 1.53. The molecule has 0 saturated heterocycles. The first-order chi connectivity index (χ1) is 8.13. The Hall–Kier alpha value is -0.290. The Kier molecular flexibility index (Phi) is 4.31. The molecule has 1 aromatic heterocycles. The van der Waals surface area contributed by atoms with E-state index in [1.165, 1.54) is 11.3 Å². The van der Waals surface area contributed by atoms with Crippen molar-refractivity contribution in [3.05, 3.63) is 55.2 Å². The van der Waals surface area contributed by atoms with E-state index in [0.29, 0.717) is 15.1 Å². The molecule has 0 aliphatic heterocycles. The number of nitrogens with one attached hydrogen (secondary N) is 1. The van der Waals surface area contributed by atoms with E-state index in [9.17, 15) is 0 Å². The van der Waals surface area contributed by atoms with Crippen LogP contribution in [0.1, 0.15) is 16.5 Å². The topological polar surface area (TPSA) is 38.0 Å². The fourth-order valence-corrected chi connectivity index (χ4v) is 3.09. The van der Waals surface area contributed by atoms with E-state index in [-0.39, 0.29) is 6.04 Å². The van der Waals surface area contributed by atoms with E-state index in [1.54, 1.807) is 12.1 Å². The van der Waals surface area contributed by atoms with Gasteiger partial charge in [-0.25, -0.2) is 5.43 Å². The lowest BCUT2D eigenvalue weighted by molar-refractivity contribution is 0.647. The van der Waals surface area contributed by atoms with Gasteiger partial charge in [-0.05, 0) is 29.1 Å². The number of nitrogens with two attached hydrogens (primary N) is 1. The fraction of sp³-hybridized carbons (Fsp3) is 0.0909. The van der Waals surface area contributed by atoms with Crippen molar-refractivity contribution < 1.29 is 0 Å². The van der Waals surface area contributed by atoms with Gasteiger partial charge in [-0.3, -0.25) is 5.84 Å². The molecule has 0 aliphatic rings. The largest absolute Gasteiger partial charge is 0.271 e. The third-order valence-corrected chi connectivity index (χ3v) is 4.51. The first-order valence-corrected chi connectivity index (χ1v) is 6.79. The van der Waals surface area contributed by atoms with Crippen molar-refractivity contribution in [1.82, 2.24) is 5.43 Å². The predicted molar refractivity (Wildman–Crippen MR) is 75.0 cm³/mol. The minimum absolute atomic E-state index is 0.183. The molecule has 1 unspecified atom stereocenters. The second-order valence-electron chi connectivity index (χ2n) is 3.41. The van der Waals surface area contributed by atoms with Gasteiger partial charge in [0.2, 0.25) is 0 Å². The normalized spacial score (nSPS) is 12.7. The first kappa shape index (κ1) is 13.1. The van der Waals surface area contributed by atoms with Crippen LogP contribution in [0.5, 0.6) is 0 Å². The molecule has 2 rings (SSSR count). The molecule has 3 N–H and O–H groups in total. The van der Waals surface area contributed by atoms with Crippen molar-refractivity contribution in [3.8, 4) is 0 Å². The van der Waals surface area contributed by atoms with Gasteiger partial charge in [-0.15, -0.1) is 11.3 Å². The lowest BCUT2D eigenvalue weighted by atomic mass is 10.1.